The lowest BCUT2D eigenvalue weighted by atomic mass is 10.1. The van der Waals surface area contributed by atoms with Gasteiger partial charge in [0.25, 0.3) is 0 Å². The average molecular weight is 309 g/mol. The third-order valence-electron chi connectivity index (χ3n) is 3.95. The maximum atomic E-state index is 11.3. The highest BCUT2D eigenvalue weighted by Gasteiger charge is 2.04. The van der Waals surface area contributed by atoms with Crippen LogP contribution in [-0.2, 0) is 11.3 Å². The van der Waals surface area contributed by atoms with Gasteiger partial charge >= 0.3 is 5.97 Å². The number of aromatic hydroxyl groups is 1. The summed E-state index contributed by atoms with van der Waals surface area (Å²) in [6.45, 7) is 2.58. The lowest BCUT2D eigenvalue weighted by Crippen LogP contribution is -2.10. The highest BCUT2D eigenvalue weighted by molar-refractivity contribution is 5.66. The fourth-order valence-electron chi connectivity index (χ4n) is 2.52. The van der Waals surface area contributed by atoms with Gasteiger partial charge < -0.3 is 14.8 Å². The van der Waals surface area contributed by atoms with E-state index in [1.54, 1.807) is 13.1 Å². The molecule has 0 aliphatic rings. The van der Waals surface area contributed by atoms with Gasteiger partial charge in [0.15, 0.2) is 5.75 Å². The fourth-order valence-corrected chi connectivity index (χ4v) is 2.52. The molecule has 0 saturated heterocycles. The quantitative estimate of drug-likeness (QED) is 0.613. The summed E-state index contributed by atoms with van der Waals surface area (Å²) in [7, 11) is 0. The van der Waals surface area contributed by atoms with Crippen molar-refractivity contribution in [1.29, 1.82) is 0 Å². The Kier molecular flexibility index (Phi) is 8.33. The number of aliphatic carboxylic acids is 1. The van der Waals surface area contributed by atoms with Crippen molar-refractivity contribution < 1.29 is 15.0 Å². The summed E-state index contributed by atoms with van der Waals surface area (Å²) < 4.78 is 1.92. The van der Waals surface area contributed by atoms with Gasteiger partial charge in [0.2, 0.25) is 5.43 Å². The number of hydrogen-bond acceptors (Lipinski definition) is 3. The van der Waals surface area contributed by atoms with Gasteiger partial charge in [0, 0.05) is 25.2 Å². The molecule has 1 aromatic rings. The molecule has 1 rings (SSSR count). The van der Waals surface area contributed by atoms with Crippen molar-refractivity contribution in [2.75, 3.05) is 0 Å². The number of carboxylic acid groups (broad SMARTS) is 1. The van der Waals surface area contributed by atoms with Crippen LogP contribution in [0.4, 0.5) is 0 Å². The Morgan fingerprint density at radius 2 is 1.59 bits per heavy atom. The van der Waals surface area contributed by atoms with Crippen LogP contribution in [0.5, 0.6) is 5.75 Å². The SMILES string of the molecule is Cc1c(O)c(=O)ccn1CCCCCCCCCCC(=O)O. The summed E-state index contributed by atoms with van der Waals surface area (Å²) in [5.41, 5.74) is 0.308. The second-order valence-electron chi connectivity index (χ2n) is 5.78. The molecule has 0 aliphatic heterocycles. The zero-order valence-electron chi connectivity index (χ0n) is 13.4. The van der Waals surface area contributed by atoms with Crippen molar-refractivity contribution in [2.45, 2.75) is 71.3 Å². The molecule has 22 heavy (non-hydrogen) atoms. The van der Waals surface area contributed by atoms with E-state index in [4.69, 9.17) is 5.11 Å². The summed E-state index contributed by atoms with van der Waals surface area (Å²) >= 11 is 0. The average Bonchev–Trinajstić information content (AvgIpc) is 2.48. The standard InChI is InChI=1S/C17H27NO4/c1-14-17(22)15(19)11-13-18(14)12-9-7-5-3-2-4-6-8-10-16(20)21/h11,13,22H,2-10,12H2,1H3,(H,20,21). The lowest BCUT2D eigenvalue weighted by Gasteiger charge is -2.11. The molecule has 0 bridgehead atoms. The van der Waals surface area contributed by atoms with E-state index in [0.717, 1.165) is 45.1 Å². The summed E-state index contributed by atoms with van der Waals surface area (Å²) in [5, 5.41) is 18.1. The van der Waals surface area contributed by atoms with Gasteiger partial charge in [-0.05, 0) is 19.8 Å². The minimum absolute atomic E-state index is 0.149. The van der Waals surface area contributed by atoms with Crippen LogP contribution in [0, 0.1) is 6.92 Å². The molecule has 0 fully saturated rings. The van der Waals surface area contributed by atoms with Crippen molar-refractivity contribution in [3.63, 3.8) is 0 Å². The summed E-state index contributed by atoms with van der Waals surface area (Å²) in [5.74, 6) is -0.854. The van der Waals surface area contributed by atoms with Crippen molar-refractivity contribution in [3.05, 3.63) is 28.2 Å². The van der Waals surface area contributed by atoms with Crippen molar-refractivity contribution >= 4 is 5.97 Å². The van der Waals surface area contributed by atoms with Crippen molar-refractivity contribution in [3.8, 4) is 5.75 Å². The molecule has 1 heterocycles. The Morgan fingerprint density at radius 3 is 2.18 bits per heavy atom. The molecule has 2 N–H and O–H groups in total. The van der Waals surface area contributed by atoms with Gasteiger partial charge in [-0.3, -0.25) is 9.59 Å². The van der Waals surface area contributed by atoms with Gasteiger partial charge in [0.1, 0.15) is 0 Å². The van der Waals surface area contributed by atoms with Crippen LogP contribution in [0.15, 0.2) is 17.1 Å². The molecule has 1 aromatic heterocycles. The van der Waals surface area contributed by atoms with E-state index in [1.165, 1.54) is 18.9 Å². The molecule has 5 nitrogen and oxygen atoms in total. The first kappa shape index (κ1) is 18.3. The lowest BCUT2D eigenvalue weighted by molar-refractivity contribution is -0.137. The molecule has 124 valence electrons. The van der Waals surface area contributed by atoms with Gasteiger partial charge in [-0.2, -0.15) is 0 Å². The monoisotopic (exact) mass is 309 g/mol. The van der Waals surface area contributed by atoms with Crippen LogP contribution in [0.1, 0.15) is 63.5 Å². The van der Waals surface area contributed by atoms with Crippen LogP contribution < -0.4 is 5.43 Å². The summed E-state index contributed by atoms with van der Waals surface area (Å²) in [6.07, 6.45) is 10.6. The van der Waals surface area contributed by atoms with E-state index >= 15 is 0 Å². The number of pyridine rings is 1. The van der Waals surface area contributed by atoms with E-state index in [2.05, 4.69) is 0 Å². The molecule has 0 aliphatic carbocycles. The van der Waals surface area contributed by atoms with Crippen LogP contribution >= 0.6 is 0 Å². The molecule has 0 spiro atoms. The predicted octanol–water partition coefficient (Wildman–Crippen LogP) is 3.46. The normalized spacial score (nSPS) is 10.8. The molecular formula is C17H27NO4. The van der Waals surface area contributed by atoms with E-state index in [-0.39, 0.29) is 17.6 Å². The Balaban J connectivity index is 2.05. The van der Waals surface area contributed by atoms with Crippen LogP contribution in [-0.4, -0.2) is 20.7 Å². The van der Waals surface area contributed by atoms with E-state index < -0.39 is 5.97 Å². The number of aromatic nitrogens is 1. The number of carbonyl (C=O) groups is 1. The molecule has 0 unspecified atom stereocenters. The summed E-state index contributed by atoms with van der Waals surface area (Å²) in [4.78, 5) is 21.6. The number of carboxylic acids is 1. The molecule has 5 heteroatoms. The number of hydrogen-bond donors (Lipinski definition) is 2. The van der Waals surface area contributed by atoms with Crippen LogP contribution in [0.25, 0.3) is 0 Å². The van der Waals surface area contributed by atoms with Gasteiger partial charge in [-0.15, -0.1) is 0 Å². The Bertz CT molecular complexity index is 522. The number of unbranched alkanes of at least 4 members (excludes halogenated alkanes) is 7. The van der Waals surface area contributed by atoms with Gasteiger partial charge in [-0.1, -0.05) is 38.5 Å². The first-order valence-corrected chi connectivity index (χ1v) is 8.13. The van der Waals surface area contributed by atoms with Gasteiger partial charge in [-0.25, -0.2) is 0 Å². The fraction of sp³-hybridized carbons (Fsp3) is 0.647. The van der Waals surface area contributed by atoms with Crippen LogP contribution in [0.3, 0.4) is 0 Å². The molecule has 0 saturated carbocycles. The van der Waals surface area contributed by atoms with E-state index in [1.807, 2.05) is 4.57 Å². The maximum absolute atomic E-state index is 11.3. The topological polar surface area (TPSA) is 79.5 Å². The minimum atomic E-state index is -0.705. The zero-order valence-corrected chi connectivity index (χ0v) is 13.4. The molecule has 0 atom stereocenters. The number of nitrogens with zero attached hydrogens (tertiary/aromatic N) is 1. The Morgan fingerprint density at radius 1 is 1.05 bits per heavy atom. The maximum Gasteiger partial charge on any atom is 0.303 e. The smallest absolute Gasteiger partial charge is 0.303 e. The van der Waals surface area contributed by atoms with Crippen molar-refractivity contribution in [1.82, 2.24) is 4.57 Å². The van der Waals surface area contributed by atoms with Crippen LogP contribution in [0.2, 0.25) is 0 Å². The molecule has 0 amide bonds. The molecule has 0 radical (unpaired) electrons. The third-order valence-corrected chi connectivity index (χ3v) is 3.95. The first-order chi connectivity index (χ1) is 10.5. The zero-order chi connectivity index (χ0) is 16.4. The number of aryl methyl sites for hydroxylation is 1. The molecular weight excluding hydrogens is 282 g/mol. The highest BCUT2D eigenvalue weighted by atomic mass is 16.4. The van der Waals surface area contributed by atoms with Crippen molar-refractivity contribution in [2.24, 2.45) is 0 Å². The van der Waals surface area contributed by atoms with Gasteiger partial charge in [0.05, 0.1) is 5.69 Å². The number of rotatable bonds is 11. The Labute approximate surface area is 131 Å². The third kappa shape index (κ3) is 6.78. The van der Waals surface area contributed by atoms with E-state index in [0.29, 0.717) is 5.69 Å². The summed E-state index contributed by atoms with van der Waals surface area (Å²) in [6, 6.07) is 1.40. The van der Waals surface area contributed by atoms with E-state index in [9.17, 15) is 14.7 Å². The first-order valence-electron chi connectivity index (χ1n) is 8.13. The predicted molar refractivity (Wildman–Crippen MR) is 86.3 cm³/mol. The highest BCUT2D eigenvalue weighted by Crippen LogP contribution is 2.13. The molecule has 0 aromatic carbocycles. The minimum Gasteiger partial charge on any atom is -0.503 e. The second kappa shape index (κ2) is 10.0. The Hall–Kier alpha value is -1.78. The largest absolute Gasteiger partial charge is 0.503 e. The second-order valence-corrected chi connectivity index (χ2v) is 5.78.